The predicted octanol–water partition coefficient (Wildman–Crippen LogP) is 2.14. The lowest BCUT2D eigenvalue weighted by molar-refractivity contribution is -0.0170. The van der Waals surface area contributed by atoms with Gasteiger partial charge in [0.2, 0.25) is 0 Å². The fraction of sp³-hybridized carbons (Fsp3) is 0.357. The first-order chi connectivity index (χ1) is 10.4. The molecule has 1 unspecified atom stereocenters. The third-order valence-electron chi connectivity index (χ3n) is 2.08. The molecule has 1 rings (SSSR count). The Balaban J connectivity index is 0.000000980. The summed E-state index contributed by atoms with van der Waals surface area (Å²) in [6, 6.07) is 5.17. The number of ether oxygens (including phenoxy) is 2. The van der Waals surface area contributed by atoms with Gasteiger partial charge >= 0.3 is 6.09 Å². The molecule has 0 aliphatic carbocycles. The molecule has 0 aromatic heterocycles. The number of carboxylic acid groups (broad SMARTS) is 1. The van der Waals surface area contributed by atoms with Crippen LogP contribution in [0.1, 0.15) is 5.56 Å². The quantitative estimate of drug-likeness (QED) is 0.517. The van der Waals surface area contributed by atoms with Crippen LogP contribution >= 0.6 is 23.2 Å². The van der Waals surface area contributed by atoms with Crippen molar-refractivity contribution in [2.75, 3.05) is 19.8 Å². The minimum absolute atomic E-state index is 0.151. The van der Waals surface area contributed by atoms with Gasteiger partial charge in [0, 0.05) is 10.0 Å². The number of terminal acetylenes is 1. The molecule has 0 bridgehead atoms. The van der Waals surface area contributed by atoms with E-state index in [1.54, 1.807) is 18.2 Å². The first kappa shape index (κ1) is 20.5. The van der Waals surface area contributed by atoms with E-state index in [-0.39, 0.29) is 19.8 Å². The topological polar surface area (TPSA) is 102 Å². The maximum atomic E-state index is 9.49. The second kappa shape index (κ2) is 12.1. The summed E-state index contributed by atoms with van der Waals surface area (Å²) < 4.78 is 10.3. The molecule has 0 aliphatic rings. The van der Waals surface area contributed by atoms with E-state index in [0.717, 1.165) is 5.56 Å². The molecule has 1 aromatic carbocycles. The van der Waals surface area contributed by atoms with Crippen LogP contribution < -0.4 is 5.73 Å². The molecular formula is C14H17Cl2NO5. The minimum atomic E-state index is -1.33. The highest BCUT2D eigenvalue weighted by molar-refractivity contribution is 6.35. The van der Waals surface area contributed by atoms with E-state index in [1.807, 2.05) is 0 Å². The molecule has 8 heteroatoms. The summed E-state index contributed by atoms with van der Waals surface area (Å²) in [6.07, 6.45) is 2.97. The molecule has 1 amide bonds. The number of benzene rings is 1. The molecule has 0 saturated carbocycles. The van der Waals surface area contributed by atoms with E-state index >= 15 is 0 Å². The van der Waals surface area contributed by atoms with Gasteiger partial charge < -0.3 is 25.4 Å². The molecule has 0 spiro atoms. The van der Waals surface area contributed by atoms with Crippen LogP contribution in [0.15, 0.2) is 18.2 Å². The van der Waals surface area contributed by atoms with Crippen LogP contribution in [0, 0.1) is 12.3 Å². The maximum absolute atomic E-state index is 9.49. The van der Waals surface area contributed by atoms with E-state index in [9.17, 15) is 5.11 Å². The molecule has 0 fully saturated rings. The molecule has 1 atom stereocenters. The van der Waals surface area contributed by atoms with Crippen LogP contribution in [0.2, 0.25) is 10.0 Å². The van der Waals surface area contributed by atoms with Crippen molar-refractivity contribution in [3.8, 4) is 12.3 Å². The lowest BCUT2D eigenvalue weighted by Crippen LogP contribution is -2.21. The van der Waals surface area contributed by atoms with Crippen molar-refractivity contribution in [1.82, 2.24) is 0 Å². The normalized spacial score (nSPS) is 11.0. The number of amides is 1. The largest absolute Gasteiger partial charge is 0.465 e. The van der Waals surface area contributed by atoms with E-state index in [2.05, 4.69) is 11.7 Å². The zero-order valence-electron chi connectivity index (χ0n) is 11.7. The van der Waals surface area contributed by atoms with E-state index in [4.69, 9.17) is 49.0 Å². The SMILES string of the molecule is C#CCOCC(O)COCc1ccc(Cl)cc1Cl.NC(=O)O. The van der Waals surface area contributed by atoms with Crippen molar-refractivity contribution < 1.29 is 24.5 Å². The zero-order valence-corrected chi connectivity index (χ0v) is 13.2. The van der Waals surface area contributed by atoms with Crippen LogP contribution in [0.4, 0.5) is 4.79 Å². The molecule has 6 nitrogen and oxygen atoms in total. The van der Waals surface area contributed by atoms with Gasteiger partial charge in [-0.2, -0.15) is 0 Å². The summed E-state index contributed by atoms with van der Waals surface area (Å²) in [5.41, 5.74) is 4.85. The molecule has 0 saturated heterocycles. The molecule has 0 heterocycles. The van der Waals surface area contributed by atoms with E-state index in [1.165, 1.54) is 0 Å². The fourth-order valence-electron chi connectivity index (χ4n) is 1.25. The third kappa shape index (κ3) is 11.2. The number of nitrogens with two attached hydrogens (primary N) is 1. The number of primary amides is 1. The van der Waals surface area contributed by atoms with Crippen LogP contribution in [0.25, 0.3) is 0 Å². The number of carbonyl (C=O) groups is 1. The van der Waals surface area contributed by atoms with Crippen molar-refractivity contribution in [2.45, 2.75) is 12.7 Å². The van der Waals surface area contributed by atoms with Crippen molar-refractivity contribution in [3.63, 3.8) is 0 Å². The highest BCUT2D eigenvalue weighted by Crippen LogP contribution is 2.21. The van der Waals surface area contributed by atoms with Gasteiger partial charge in [0.25, 0.3) is 0 Å². The first-order valence-corrected chi connectivity index (χ1v) is 6.81. The van der Waals surface area contributed by atoms with Crippen LogP contribution in [-0.4, -0.2) is 42.2 Å². The number of aliphatic hydroxyl groups is 1. The lowest BCUT2D eigenvalue weighted by Gasteiger charge is -2.11. The summed E-state index contributed by atoms with van der Waals surface area (Å²) in [7, 11) is 0. The number of hydrogen-bond acceptors (Lipinski definition) is 4. The Kier molecular flexibility index (Phi) is 11.3. The monoisotopic (exact) mass is 349 g/mol. The molecule has 4 N–H and O–H groups in total. The Morgan fingerprint density at radius 1 is 1.36 bits per heavy atom. The Morgan fingerprint density at radius 3 is 2.50 bits per heavy atom. The molecule has 1 aromatic rings. The van der Waals surface area contributed by atoms with Gasteiger partial charge in [-0.05, 0) is 17.7 Å². The van der Waals surface area contributed by atoms with Gasteiger partial charge in [-0.3, -0.25) is 0 Å². The molecule has 22 heavy (non-hydrogen) atoms. The van der Waals surface area contributed by atoms with Crippen molar-refractivity contribution >= 4 is 29.3 Å². The van der Waals surface area contributed by atoms with E-state index in [0.29, 0.717) is 16.7 Å². The number of rotatable bonds is 7. The molecule has 0 radical (unpaired) electrons. The molecule has 122 valence electrons. The second-order valence-electron chi connectivity index (χ2n) is 3.96. The Morgan fingerprint density at radius 2 is 1.95 bits per heavy atom. The summed E-state index contributed by atoms with van der Waals surface area (Å²) in [4.78, 5) is 8.78. The lowest BCUT2D eigenvalue weighted by atomic mass is 10.2. The third-order valence-corrected chi connectivity index (χ3v) is 2.67. The predicted molar refractivity (Wildman–Crippen MR) is 84.0 cm³/mol. The summed E-state index contributed by atoms with van der Waals surface area (Å²) in [5.74, 6) is 2.31. The molecular weight excluding hydrogens is 333 g/mol. The fourth-order valence-corrected chi connectivity index (χ4v) is 1.71. The Bertz CT molecular complexity index is 500. The smallest absolute Gasteiger partial charge is 0.402 e. The van der Waals surface area contributed by atoms with Gasteiger partial charge in [-0.25, -0.2) is 4.79 Å². The summed E-state index contributed by atoms with van der Waals surface area (Å²) >= 11 is 11.7. The first-order valence-electron chi connectivity index (χ1n) is 6.06. The van der Waals surface area contributed by atoms with Crippen LogP contribution in [0.5, 0.6) is 0 Å². The van der Waals surface area contributed by atoms with E-state index < -0.39 is 12.2 Å². The van der Waals surface area contributed by atoms with Crippen molar-refractivity contribution in [3.05, 3.63) is 33.8 Å². The summed E-state index contributed by atoms with van der Waals surface area (Å²) in [5, 5.41) is 17.8. The number of aliphatic hydroxyl groups excluding tert-OH is 1. The van der Waals surface area contributed by atoms with Gasteiger partial charge in [0.05, 0.1) is 19.8 Å². The Hall–Kier alpha value is -1.49. The maximum Gasteiger partial charge on any atom is 0.402 e. The van der Waals surface area contributed by atoms with Gasteiger partial charge in [0.1, 0.15) is 12.7 Å². The standard InChI is InChI=1S/C13H14Cl2O3.CH3NO2/c1-2-5-17-8-12(16)9-18-7-10-3-4-11(14)6-13(10)15;2-1(3)4/h1,3-4,6,12,16H,5,7-9H2;2H2,(H,3,4). The number of hydrogen-bond donors (Lipinski definition) is 3. The minimum Gasteiger partial charge on any atom is -0.465 e. The highest BCUT2D eigenvalue weighted by Gasteiger charge is 2.06. The average molecular weight is 350 g/mol. The summed E-state index contributed by atoms with van der Waals surface area (Å²) in [6.45, 7) is 0.796. The van der Waals surface area contributed by atoms with Crippen LogP contribution in [-0.2, 0) is 16.1 Å². The van der Waals surface area contributed by atoms with Gasteiger partial charge in [-0.1, -0.05) is 35.2 Å². The zero-order chi connectivity index (χ0) is 17.0. The second-order valence-corrected chi connectivity index (χ2v) is 4.81. The van der Waals surface area contributed by atoms with Gasteiger partial charge in [0.15, 0.2) is 0 Å². The van der Waals surface area contributed by atoms with Gasteiger partial charge in [-0.15, -0.1) is 6.42 Å². The average Bonchev–Trinajstić information content (AvgIpc) is 2.41. The Labute approximate surface area is 138 Å². The van der Waals surface area contributed by atoms with Crippen LogP contribution in [0.3, 0.4) is 0 Å². The molecule has 0 aliphatic heterocycles. The highest BCUT2D eigenvalue weighted by atomic mass is 35.5. The van der Waals surface area contributed by atoms with Crippen molar-refractivity contribution in [2.24, 2.45) is 5.73 Å². The number of halogens is 2. The van der Waals surface area contributed by atoms with Crippen molar-refractivity contribution in [1.29, 1.82) is 0 Å².